The lowest BCUT2D eigenvalue weighted by Gasteiger charge is -2.35. The molecule has 0 bridgehead atoms. The van der Waals surface area contributed by atoms with Gasteiger partial charge >= 0.3 is 5.97 Å². The Morgan fingerprint density at radius 2 is 1.30 bits per heavy atom. The van der Waals surface area contributed by atoms with Crippen molar-refractivity contribution in [2.45, 2.75) is 197 Å². The number of aliphatic hydroxyl groups is 1. The fourth-order valence-electron chi connectivity index (χ4n) is 12.1. The molecule has 17 N–H and O–H groups in total. The summed E-state index contributed by atoms with van der Waals surface area (Å²) in [5.74, 6) is -9.75. The number of likely N-dealkylation sites (tertiary alicyclic amines) is 1. The molecule has 4 aromatic rings. The Hall–Kier alpha value is -8.91. The van der Waals surface area contributed by atoms with Crippen LogP contribution in [0.5, 0.6) is 0 Å². The number of carboxylic acids is 1. The summed E-state index contributed by atoms with van der Waals surface area (Å²) in [6.07, 6.45) is 2.63. The lowest BCUT2D eigenvalue weighted by atomic mass is 9.84. The third-order valence-electron chi connectivity index (χ3n) is 17.7. The molecule has 2 aliphatic heterocycles. The fourth-order valence-corrected chi connectivity index (χ4v) is 14.5. The first kappa shape index (κ1) is 82.0. The van der Waals surface area contributed by atoms with Gasteiger partial charge in [-0.25, -0.2) is 4.98 Å². The largest absolute Gasteiger partial charge is 0.481 e. The summed E-state index contributed by atoms with van der Waals surface area (Å²) < 4.78 is 0. The van der Waals surface area contributed by atoms with Crippen LogP contribution in [0, 0.1) is 11.8 Å². The van der Waals surface area contributed by atoms with E-state index in [1.165, 1.54) is 52.9 Å². The van der Waals surface area contributed by atoms with Crippen LogP contribution in [0.4, 0.5) is 0 Å². The second-order valence-electron chi connectivity index (χ2n) is 26.4. The van der Waals surface area contributed by atoms with Crippen molar-refractivity contribution in [3.8, 4) is 0 Å². The highest BCUT2D eigenvalue weighted by Crippen LogP contribution is 2.32. The number of benzene rings is 3. The number of H-pyrrole nitrogens is 1. The molecule has 1 aromatic heterocycles. The van der Waals surface area contributed by atoms with Crippen LogP contribution in [0.1, 0.15) is 134 Å². The van der Waals surface area contributed by atoms with Gasteiger partial charge in [0.1, 0.15) is 48.3 Å². The van der Waals surface area contributed by atoms with E-state index in [4.69, 9.17) is 11.5 Å². The van der Waals surface area contributed by atoms with Gasteiger partial charge in [0, 0.05) is 74.1 Å². The van der Waals surface area contributed by atoms with Crippen molar-refractivity contribution in [2.75, 3.05) is 31.1 Å². The quantitative estimate of drug-likeness (QED) is 0.0222. The third kappa shape index (κ3) is 26.2. The van der Waals surface area contributed by atoms with Gasteiger partial charge in [-0.1, -0.05) is 147 Å². The summed E-state index contributed by atoms with van der Waals surface area (Å²) in [5.41, 5.74) is 13.5. The maximum Gasteiger partial charge on any atom is 0.303 e. The second kappa shape index (κ2) is 41.9. The van der Waals surface area contributed by atoms with Crippen molar-refractivity contribution in [1.29, 1.82) is 0 Å². The summed E-state index contributed by atoms with van der Waals surface area (Å²) in [4.78, 5) is 175. The monoisotopic (exact) mass is 1450 g/mol. The molecule has 0 aliphatic carbocycles. The van der Waals surface area contributed by atoms with Gasteiger partial charge in [0.05, 0.1) is 24.5 Å². The number of carbonyl (C=O) groups excluding carboxylic acids is 11. The molecule has 29 nitrogen and oxygen atoms in total. The standard InChI is InChI=1S/C71H101N15O14S2/c1-7-42(4)60-69(98)83-54(67(96)78-48(33-45-20-11-8-12-21-45)35-57(89)77-43(5)64(93)81-51(63(73)92)26-17-18-30-72)39-102-101-38-50(37-75-60)79-68(97)55-27-19-31-86(55)71(100)62(59(46-22-13-9-14-23-46)47-24-15-10-16-25-47)85-66(95)53(34-49-36-74-40-76-49)82-70(99)61(44(6)87)84-65(94)52(28-29-58(90)91)80-56(88)32-41(2)3/h8-16,20-25,36,40-44,48,50-55,59-62,75,87H,7,17-19,26-35,37-39,72H2,1-6H3,(H2,73,92)(H,74,76)(H,77,89)(H,78,96)(H,79,97)(H,80,88)(H,81,93)(H,82,99)(H,83,98)(H,84,94)(H,85,95)(H,90,91)/t42-,43-,44+,48-,50+,51+,52-,53-,54-,55-,60-,61-,62-/m0/s1. The van der Waals surface area contributed by atoms with Crippen LogP contribution >= 0.6 is 21.6 Å². The van der Waals surface area contributed by atoms with Crippen molar-refractivity contribution in [2.24, 2.45) is 23.3 Å². The van der Waals surface area contributed by atoms with Gasteiger partial charge in [0.25, 0.3) is 0 Å². The number of unbranched alkanes of at least 4 members (excludes halogenated alkanes) is 1. The molecule has 102 heavy (non-hydrogen) atoms. The number of carbonyl (C=O) groups is 12. The highest BCUT2D eigenvalue weighted by Gasteiger charge is 2.44. The number of aliphatic hydroxyl groups excluding tert-OH is 1. The molecule has 0 unspecified atom stereocenters. The Bertz CT molecular complexity index is 3380. The highest BCUT2D eigenvalue weighted by atomic mass is 33.1. The first-order valence-electron chi connectivity index (χ1n) is 34.8. The Balaban J connectivity index is 1.22. The molecular formula is C71H101N15O14S2. The first-order chi connectivity index (χ1) is 48.8. The lowest BCUT2D eigenvalue weighted by molar-refractivity contribution is -0.142. The maximum atomic E-state index is 15.8. The molecule has 13 atom stereocenters. The highest BCUT2D eigenvalue weighted by molar-refractivity contribution is 8.76. The molecule has 0 radical (unpaired) electrons. The molecule has 3 heterocycles. The molecule has 31 heteroatoms. The molecule has 11 amide bonds. The van der Waals surface area contributed by atoms with E-state index in [1.54, 1.807) is 74.5 Å². The maximum absolute atomic E-state index is 15.8. The topological polar surface area (TPSA) is 450 Å². The van der Waals surface area contributed by atoms with Crippen molar-refractivity contribution in [1.82, 2.24) is 68.0 Å². The Morgan fingerprint density at radius 3 is 1.90 bits per heavy atom. The number of aromatic nitrogens is 2. The molecule has 3 aromatic carbocycles. The number of hydrogen-bond donors (Lipinski definition) is 15. The smallest absolute Gasteiger partial charge is 0.303 e. The van der Waals surface area contributed by atoms with E-state index in [1.807, 2.05) is 44.2 Å². The average molecular weight is 1450 g/mol. The number of carboxylic acid groups (broad SMARTS) is 1. The molecule has 2 fully saturated rings. The fraction of sp³-hybridized carbons (Fsp3) is 0.535. The normalized spacial score (nSPS) is 19.1. The number of hydrogen-bond acceptors (Lipinski definition) is 18. The number of nitrogens with one attached hydrogen (secondary N) is 11. The number of nitrogens with zero attached hydrogens (tertiary/aromatic N) is 2. The number of aliphatic carboxylic acids is 1. The predicted molar refractivity (Wildman–Crippen MR) is 386 cm³/mol. The van der Waals surface area contributed by atoms with Crippen LogP contribution < -0.4 is 64.6 Å². The van der Waals surface area contributed by atoms with Crippen LogP contribution in [0.2, 0.25) is 0 Å². The van der Waals surface area contributed by atoms with Gasteiger partial charge < -0.3 is 84.7 Å². The van der Waals surface area contributed by atoms with Gasteiger partial charge in [-0.15, -0.1) is 0 Å². The minimum atomic E-state index is -1.75. The number of imidazole rings is 1. The molecule has 6 rings (SSSR count). The van der Waals surface area contributed by atoms with E-state index < -0.39 is 156 Å². The summed E-state index contributed by atoms with van der Waals surface area (Å²) in [7, 11) is 2.62. The lowest BCUT2D eigenvalue weighted by Crippen LogP contribution is -2.62. The molecule has 2 saturated heterocycles. The van der Waals surface area contributed by atoms with Crippen LogP contribution in [0.15, 0.2) is 104 Å². The zero-order valence-electron chi connectivity index (χ0n) is 58.7. The van der Waals surface area contributed by atoms with Crippen LogP contribution in [-0.2, 0) is 70.4 Å². The van der Waals surface area contributed by atoms with E-state index in [9.17, 15) is 53.4 Å². The van der Waals surface area contributed by atoms with Crippen LogP contribution in [0.3, 0.4) is 0 Å². The number of aromatic amines is 1. The Morgan fingerprint density at radius 1 is 0.686 bits per heavy atom. The summed E-state index contributed by atoms with van der Waals surface area (Å²) >= 11 is 0. The summed E-state index contributed by atoms with van der Waals surface area (Å²) in [6, 6.07) is 14.4. The molecule has 0 saturated carbocycles. The molecular weight excluding hydrogens is 1350 g/mol. The Labute approximate surface area is 602 Å². The number of nitrogens with two attached hydrogens (primary N) is 2. The minimum absolute atomic E-state index is 0.0118. The summed E-state index contributed by atoms with van der Waals surface area (Å²) in [6.45, 7) is 10.6. The van der Waals surface area contributed by atoms with Gasteiger partial charge in [-0.3, -0.25) is 57.5 Å². The third-order valence-corrected chi connectivity index (χ3v) is 20.2. The van der Waals surface area contributed by atoms with Crippen LogP contribution in [0.25, 0.3) is 0 Å². The zero-order chi connectivity index (χ0) is 74.4. The van der Waals surface area contributed by atoms with E-state index in [0.29, 0.717) is 49.0 Å². The molecule has 556 valence electrons. The van der Waals surface area contributed by atoms with E-state index in [-0.39, 0.29) is 81.4 Å². The Kier molecular flexibility index (Phi) is 33.7. The minimum Gasteiger partial charge on any atom is -0.481 e. The van der Waals surface area contributed by atoms with Crippen LogP contribution in [-0.4, -0.2) is 200 Å². The number of primary amides is 1. The van der Waals surface area contributed by atoms with Crippen molar-refractivity contribution >= 4 is 92.5 Å². The van der Waals surface area contributed by atoms with Crippen molar-refractivity contribution in [3.63, 3.8) is 0 Å². The molecule has 0 spiro atoms. The average Bonchev–Trinajstić information content (AvgIpc) is 1.12. The van der Waals surface area contributed by atoms with E-state index in [2.05, 4.69) is 63.1 Å². The second-order valence-corrected chi connectivity index (χ2v) is 29.0. The van der Waals surface area contributed by atoms with Gasteiger partial charge in [-0.2, -0.15) is 0 Å². The number of rotatable bonds is 37. The predicted octanol–water partition coefficient (Wildman–Crippen LogP) is 1.10. The van der Waals surface area contributed by atoms with Crippen molar-refractivity contribution < 1.29 is 67.7 Å². The first-order valence-corrected chi connectivity index (χ1v) is 37.3. The van der Waals surface area contributed by atoms with E-state index in [0.717, 1.165) is 5.56 Å². The van der Waals surface area contributed by atoms with Gasteiger partial charge in [0.15, 0.2) is 0 Å². The SMILES string of the molecule is CC[C@H](C)[C@@H]1NC[C@@H](NC(=O)[C@@H]2CCCN2C(=O)[C@@H](NC(=O)[C@H](Cc2cnc[nH]2)NC(=O)[C@@H](NC(=O)[C@H](CCC(=O)O)NC(=O)CC(C)C)[C@@H](C)O)C(c2ccccc2)c2ccccc2)CSSC[C@@H](C(=O)N[C@H](CC(=O)N[C@@H](C)C(=O)N[C@H](CCCCN)C(N)=O)Cc2ccccc2)NC1=O. The molecule has 2 aliphatic rings. The zero-order valence-corrected chi connectivity index (χ0v) is 60.3. The number of amides is 11. The van der Waals surface area contributed by atoms with Gasteiger partial charge in [0.2, 0.25) is 65.0 Å². The van der Waals surface area contributed by atoms with Crippen molar-refractivity contribution in [3.05, 3.63) is 126 Å². The van der Waals surface area contributed by atoms with Gasteiger partial charge in [-0.05, 0) is 93.9 Å². The summed E-state index contributed by atoms with van der Waals surface area (Å²) in [5, 5.41) is 48.9. The van der Waals surface area contributed by atoms with E-state index >= 15 is 14.4 Å².